The highest BCUT2D eigenvalue weighted by atomic mass is 35.5. The molecule has 0 aliphatic rings. The predicted octanol–water partition coefficient (Wildman–Crippen LogP) is 3.44. The fraction of sp³-hybridized carbons (Fsp3) is 0.286. The van der Waals surface area contributed by atoms with Gasteiger partial charge in [0.1, 0.15) is 11.5 Å². The molecule has 0 fully saturated rings. The second-order valence-electron chi connectivity index (χ2n) is 4.42. The van der Waals surface area contributed by atoms with Crippen molar-refractivity contribution >= 4 is 17.5 Å². The molecule has 2 heterocycles. The highest BCUT2D eigenvalue weighted by molar-refractivity contribution is 6.33. The fourth-order valence-electron chi connectivity index (χ4n) is 1.99. The Morgan fingerprint density at radius 2 is 2.21 bits per heavy atom. The number of hydrogen-bond acceptors (Lipinski definition) is 3. The topological polar surface area (TPSA) is 55.1 Å². The van der Waals surface area contributed by atoms with E-state index < -0.39 is 0 Å². The molecule has 1 amide bonds. The van der Waals surface area contributed by atoms with Crippen molar-refractivity contribution in [2.24, 2.45) is 0 Å². The van der Waals surface area contributed by atoms with Crippen LogP contribution in [0.4, 0.5) is 0 Å². The second kappa shape index (κ2) is 5.45. The van der Waals surface area contributed by atoms with Gasteiger partial charge in [0.2, 0.25) is 0 Å². The van der Waals surface area contributed by atoms with Gasteiger partial charge in [-0.05, 0) is 32.9 Å². The Kier molecular flexibility index (Phi) is 3.90. The van der Waals surface area contributed by atoms with Crippen molar-refractivity contribution < 1.29 is 9.21 Å². The van der Waals surface area contributed by atoms with Gasteiger partial charge in [-0.1, -0.05) is 11.6 Å². The van der Waals surface area contributed by atoms with Gasteiger partial charge < -0.3 is 9.73 Å². The van der Waals surface area contributed by atoms with E-state index in [4.69, 9.17) is 16.0 Å². The van der Waals surface area contributed by atoms with Gasteiger partial charge in [0.15, 0.2) is 0 Å². The van der Waals surface area contributed by atoms with Gasteiger partial charge in [0.25, 0.3) is 5.91 Å². The third kappa shape index (κ3) is 2.96. The minimum atomic E-state index is -0.224. The Morgan fingerprint density at radius 1 is 1.47 bits per heavy atom. The summed E-state index contributed by atoms with van der Waals surface area (Å²) in [6, 6.07) is 3.38. The average molecular weight is 279 g/mol. The molecule has 0 saturated carbocycles. The van der Waals surface area contributed by atoms with Crippen LogP contribution in [0.15, 0.2) is 28.9 Å². The number of pyridine rings is 1. The number of nitrogens with zero attached hydrogens (tertiary/aromatic N) is 1. The van der Waals surface area contributed by atoms with Crippen LogP contribution in [0, 0.1) is 13.8 Å². The lowest BCUT2D eigenvalue weighted by molar-refractivity contribution is 0.0940. The molecule has 2 aromatic heterocycles. The summed E-state index contributed by atoms with van der Waals surface area (Å²) in [5, 5.41) is 3.24. The third-order valence-electron chi connectivity index (χ3n) is 2.91. The van der Waals surface area contributed by atoms with Crippen LogP contribution in [0.5, 0.6) is 0 Å². The van der Waals surface area contributed by atoms with Crippen molar-refractivity contribution in [3.8, 4) is 0 Å². The molecule has 0 aromatic carbocycles. The summed E-state index contributed by atoms with van der Waals surface area (Å²) in [6.45, 7) is 5.67. The first-order valence-electron chi connectivity index (χ1n) is 5.96. The number of furan rings is 1. The number of rotatable bonds is 3. The largest absolute Gasteiger partial charge is 0.466 e. The maximum atomic E-state index is 12.1. The number of halogens is 1. The molecule has 1 atom stereocenters. The molecule has 5 heteroatoms. The zero-order chi connectivity index (χ0) is 14.0. The van der Waals surface area contributed by atoms with E-state index in [2.05, 4.69) is 10.3 Å². The molecule has 19 heavy (non-hydrogen) atoms. The zero-order valence-electron chi connectivity index (χ0n) is 11.0. The maximum Gasteiger partial charge on any atom is 0.253 e. The highest BCUT2D eigenvalue weighted by Crippen LogP contribution is 2.22. The van der Waals surface area contributed by atoms with Crippen LogP contribution in [0.2, 0.25) is 5.02 Å². The Morgan fingerprint density at radius 3 is 2.79 bits per heavy atom. The molecule has 0 aliphatic heterocycles. The number of aromatic nitrogens is 1. The lowest BCUT2D eigenvalue weighted by Crippen LogP contribution is -2.27. The summed E-state index contributed by atoms with van der Waals surface area (Å²) < 4.78 is 5.46. The number of carbonyl (C=O) groups excluding carboxylic acids is 1. The minimum absolute atomic E-state index is 0.144. The van der Waals surface area contributed by atoms with Crippen molar-refractivity contribution in [2.45, 2.75) is 26.8 Å². The molecule has 0 spiro atoms. The summed E-state index contributed by atoms with van der Waals surface area (Å²) in [7, 11) is 0. The van der Waals surface area contributed by atoms with Crippen molar-refractivity contribution in [2.75, 3.05) is 0 Å². The second-order valence-corrected chi connectivity index (χ2v) is 4.83. The Labute approximate surface area is 116 Å². The number of carbonyl (C=O) groups is 1. The van der Waals surface area contributed by atoms with Crippen molar-refractivity contribution in [1.29, 1.82) is 0 Å². The number of nitrogens with one attached hydrogen (secondary N) is 1. The maximum absolute atomic E-state index is 12.1. The number of hydrogen-bond donors (Lipinski definition) is 1. The smallest absolute Gasteiger partial charge is 0.253 e. The van der Waals surface area contributed by atoms with Gasteiger partial charge in [-0.25, -0.2) is 0 Å². The van der Waals surface area contributed by atoms with Crippen molar-refractivity contribution in [3.05, 3.63) is 52.2 Å². The monoisotopic (exact) mass is 278 g/mol. The Balaban J connectivity index is 2.15. The quantitative estimate of drug-likeness (QED) is 0.936. The van der Waals surface area contributed by atoms with E-state index in [0.717, 1.165) is 17.1 Å². The average Bonchev–Trinajstić information content (AvgIpc) is 2.69. The van der Waals surface area contributed by atoms with Crippen LogP contribution >= 0.6 is 11.6 Å². The van der Waals surface area contributed by atoms with Gasteiger partial charge in [0.05, 0.1) is 16.6 Å². The predicted molar refractivity (Wildman–Crippen MR) is 73.3 cm³/mol. The third-order valence-corrected chi connectivity index (χ3v) is 3.21. The minimum Gasteiger partial charge on any atom is -0.466 e. The van der Waals surface area contributed by atoms with E-state index in [1.54, 1.807) is 12.3 Å². The SMILES string of the molecule is Cc1cc(C(C)NC(=O)c2ccncc2Cl)c(C)o1. The van der Waals surface area contributed by atoms with Gasteiger partial charge in [-0.3, -0.25) is 9.78 Å². The summed E-state index contributed by atoms with van der Waals surface area (Å²) >= 11 is 5.94. The molecule has 1 unspecified atom stereocenters. The molecule has 0 radical (unpaired) electrons. The standard InChI is InChI=1S/C14H15ClN2O2/c1-8-6-12(10(3)19-8)9(2)17-14(18)11-4-5-16-7-13(11)15/h4-7,9H,1-3H3,(H,17,18). The van der Waals surface area contributed by atoms with E-state index in [0.29, 0.717) is 10.6 Å². The van der Waals surface area contributed by atoms with E-state index in [1.807, 2.05) is 26.8 Å². The summed E-state index contributed by atoms with van der Waals surface area (Å²) in [6.07, 6.45) is 2.99. The van der Waals surface area contributed by atoms with Gasteiger partial charge in [-0.15, -0.1) is 0 Å². The molecule has 0 saturated heterocycles. The van der Waals surface area contributed by atoms with Gasteiger partial charge in [0, 0.05) is 18.0 Å². The molecular formula is C14H15ClN2O2. The molecule has 0 aliphatic carbocycles. The molecule has 2 aromatic rings. The van der Waals surface area contributed by atoms with Crippen LogP contribution in [0.1, 0.15) is 40.4 Å². The lowest BCUT2D eigenvalue weighted by atomic mass is 10.1. The lowest BCUT2D eigenvalue weighted by Gasteiger charge is -2.13. The van der Waals surface area contributed by atoms with Gasteiger partial charge >= 0.3 is 0 Å². The number of aryl methyl sites for hydroxylation is 2. The van der Waals surface area contributed by atoms with Crippen LogP contribution in [-0.2, 0) is 0 Å². The molecule has 2 rings (SSSR count). The van der Waals surface area contributed by atoms with Gasteiger partial charge in [-0.2, -0.15) is 0 Å². The van der Waals surface area contributed by atoms with Crippen LogP contribution in [0.3, 0.4) is 0 Å². The Hall–Kier alpha value is -1.81. The fourth-order valence-corrected chi connectivity index (χ4v) is 2.20. The van der Waals surface area contributed by atoms with E-state index in [-0.39, 0.29) is 11.9 Å². The van der Waals surface area contributed by atoms with Crippen LogP contribution < -0.4 is 5.32 Å². The van der Waals surface area contributed by atoms with E-state index >= 15 is 0 Å². The van der Waals surface area contributed by atoms with Crippen LogP contribution in [0.25, 0.3) is 0 Å². The molecule has 4 nitrogen and oxygen atoms in total. The summed E-state index contributed by atoms with van der Waals surface area (Å²) in [5.41, 5.74) is 1.39. The first kappa shape index (κ1) is 13.6. The summed E-state index contributed by atoms with van der Waals surface area (Å²) in [4.78, 5) is 16.0. The summed E-state index contributed by atoms with van der Waals surface area (Å²) in [5.74, 6) is 1.42. The molecule has 0 bridgehead atoms. The molecular weight excluding hydrogens is 264 g/mol. The van der Waals surface area contributed by atoms with E-state index in [1.165, 1.54) is 6.20 Å². The first-order valence-corrected chi connectivity index (χ1v) is 6.34. The Bertz CT molecular complexity index is 607. The zero-order valence-corrected chi connectivity index (χ0v) is 11.8. The molecule has 1 N–H and O–H groups in total. The van der Waals surface area contributed by atoms with Crippen LogP contribution in [-0.4, -0.2) is 10.9 Å². The molecule has 100 valence electrons. The first-order chi connectivity index (χ1) is 8.99. The van der Waals surface area contributed by atoms with Crippen molar-refractivity contribution in [3.63, 3.8) is 0 Å². The normalized spacial score (nSPS) is 12.2. The highest BCUT2D eigenvalue weighted by Gasteiger charge is 2.17. The van der Waals surface area contributed by atoms with Crippen molar-refractivity contribution in [1.82, 2.24) is 10.3 Å². The number of amides is 1. The van der Waals surface area contributed by atoms with E-state index in [9.17, 15) is 4.79 Å².